The van der Waals surface area contributed by atoms with Crippen LogP contribution in [0.2, 0.25) is 0 Å². The normalized spacial score (nSPS) is 15.7. The van der Waals surface area contributed by atoms with Crippen molar-refractivity contribution in [2.24, 2.45) is 7.05 Å². The fourth-order valence-electron chi connectivity index (χ4n) is 3.29. The van der Waals surface area contributed by atoms with Crippen molar-refractivity contribution in [1.82, 2.24) is 24.5 Å². The molecule has 2 amide bonds. The molecule has 1 aliphatic heterocycles. The molecule has 2 heterocycles. The summed E-state index contributed by atoms with van der Waals surface area (Å²) < 4.78 is 1.82. The van der Waals surface area contributed by atoms with Gasteiger partial charge in [-0.1, -0.05) is 0 Å². The Hall–Kier alpha value is -2.15. The SMILES string of the molecule is CCN(CC)C(=O)CN1CCN(C(=O)/C=C/c2c(C)nn(C)c2C)CC1. The Morgan fingerprint density at radius 3 is 2.23 bits per heavy atom. The quantitative estimate of drug-likeness (QED) is 0.711. The van der Waals surface area contributed by atoms with Crippen LogP contribution < -0.4 is 0 Å². The maximum atomic E-state index is 12.4. The molecule has 1 aliphatic rings. The van der Waals surface area contributed by atoms with Crippen molar-refractivity contribution >= 4 is 17.9 Å². The first-order valence-electron chi connectivity index (χ1n) is 9.34. The van der Waals surface area contributed by atoms with Crippen LogP contribution in [-0.2, 0) is 16.6 Å². The third-order valence-electron chi connectivity index (χ3n) is 5.12. The van der Waals surface area contributed by atoms with Crippen LogP contribution in [0.5, 0.6) is 0 Å². The van der Waals surface area contributed by atoms with Gasteiger partial charge in [-0.05, 0) is 33.8 Å². The third-order valence-corrected chi connectivity index (χ3v) is 5.12. The maximum absolute atomic E-state index is 12.4. The van der Waals surface area contributed by atoms with Gasteiger partial charge in [0.05, 0.1) is 12.2 Å². The second-order valence-electron chi connectivity index (χ2n) is 6.71. The number of aryl methyl sites for hydroxylation is 2. The molecule has 26 heavy (non-hydrogen) atoms. The van der Waals surface area contributed by atoms with Gasteiger partial charge in [0.15, 0.2) is 0 Å². The van der Waals surface area contributed by atoms with Crippen molar-refractivity contribution in [1.29, 1.82) is 0 Å². The smallest absolute Gasteiger partial charge is 0.246 e. The van der Waals surface area contributed by atoms with Gasteiger partial charge in [0.25, 0.3) is 0 Å². The average Bonchev–Trinajstić information content (AvgIpc) is 2.86. The monoisotopic (exact) mass is 361 g/mol. The number of carbonyl (C=O) groups is 2. The molecule has 0 aromatic carbocycles. The number of piperazine rings is 1. The van der Waals surface area contributed by atoms with Crippen LogP contribution in [0.4, 0.5) is 0 Å². The Balaban J connectivity index is 1.86. The van der Waals surface area contributed by atoms with E-state index in [0.717, 1.165) is 43.1 Å². The number of likely N-dealkylation sites (N-methyl/N-ethyl adjacent to an activating group) is 1. The van der Waals surface area contributed by atoms with Gasteiger partial charge in [-0.15, -0.1) is 0 Å². The number of aromatic nitrogens is 2. The minimum atomic E-state index is 0.0161. The molecule has 144 valence electrons. The minimum absolute atomic E-state index is 0.0161. The van der Waals surface area contributed by atoms with Crippen LogP contribution >= 0.6 is 0 Å². The molecule has 7 nitrogen and oxygen atoms in total. The van der Waals surface area contributed by atoms with E-state index in [1.807, 2.05) is 55.3 Å². The lowest BCUT2D eigenvalue weighted by atomic mass is 10.2. The van der Waals surface area contributed by atoms with E-state index in [9.17, 15) is 9.59 Å². The molecule has 0 radical (unpaired) electrons. The van der Waals surface area contributed by atoms with Gasteiger partial charge in [-0.3, -0.25) is 19.2 Å². The molecule has 2 rings (SSSR count). The molecule has 1 saturated heterocycles. The summed E-state index contributed by atoms with van der Waals surface area (Å²) in [6.07, 6.45) is 3.49. The van der Waals surface area contributed by atoms with Crippen molar-refractivity contribution in [2.45, 2.75) is 27.7 Å². The van der Waals surface area contributed by atoms with Crippen LogP contribution in [0.1, 0.15) is 30.8 Å². The lowest BCUT2D eigenvalue weighted by Gasteiger charge is -2.34. The third kappa shape index (κ3) is 4.72. The molecule has 0 atom stereocenters. The van der Waals surface area contributed by atoms with Gasteiger partial charge < -0.3 is 9.80 Å². The molecule has 0 saturated carbocycles. The van der Waals surface area contributed by atoms with E-state index in [2.05, 4.69) is 10.00 Å². The van der Waals surface area contributed by atoms with E-state index < -0.39 is 0 Å². The summed E-state index contributed by atoms with van der Waals surface area (Å²) in [6.45, 7) is 12.6. The summed E-state index contributed by atoms with van der Waals surface area (Å²) in [4.78, 5) is 30.5. The van der Waals surface area contributed by atoms with Gasteiger partial charge in [-0.2, -0.15) is 5.10 Å². The molecule has 0 aliphatic carbocycles. The highest BCUT2D eigenvalue weighted by Gasteiger charge is 2.22. The molecular formula is C19H31N5O2. The average molecular weight is 361 g/mol. The topological polar surface area (TPSA) is 61.7 Å². The minimum Gasteiger partial charge on any atom is -0.342 e. The first kappa shape index (κ1) is 20.2. The summed E-state index contributed by atoms with van der Waals surface area (Å²) in [5.41, 5.74) is 2.98. The predicted molar refractivity (Wildman–Crippen MR) is 103 cm³/mol. The Kier molecular flexibility index (Phi) is 6.97. The molecule has 0 bridgehead atoms. The first-order valence-corrected chi connectivity index (χ1v) is 9.34. The highest BCUT2D eigenvalue weighted by Crippen LogP contribution is 2.14. The largest absolute Gasteiger partial charge is 0.342 e. The number of amides is 2. The van der Waals surface area contributed by atoms with Crippen LogP contribution in [0, 0.1) is 13.8 Å². The molecule has 0 unspecified atom stereocenters. The van der Waals surface area contributed by atoms with E-state index in [-0.39, 0.29) is 11.8 Å². The number of hydrogen-bond acceptors (Lipinski definition) is 4. The number of carbonyl (C=O) groups excluding carboxylic acids is 2. The summed E-state index contributed by atoms with van der Waals surface area (Å²) in [7, 11) is 1.90. The molecule has 0 spiro atoms. The van der Waals surface area contributed by atoms with Crippen molar-refractivity contribution in [2.75, 3.05) is 45.8 Å². The van der Waals surface area contributed by atoms with Gasteiger partial charge >= 0.3 is 0 Å². The van der Waals surface area contributed by atoms with Crippen LogP contribution in [0.25, 0.3) is 6.08 Å². The molecule has 1 aromatic heterocycles. The van der Waals surface area contributed by atoms with Gasteiger partial charge in [0, 0.05) is 63.6 Å². The number of rotatable bonds is 6. The van der Waals surface area contributed by atoms with Crippen molar-refractivity contribution in [3.8, 4) is 0 Å². The zero-order chi connectivity index (χ0) is 19.3. The standard InChI is InChI=1S/C19H31N5O2/c1-6-23(7-2)19(26)14-22-10-12-24(13-11-22)18(25)9-8-17-15(3)20-21(5)16(17)4/h8-9H,6-7,10-14H2,1-5H3/b9-8+. The molecule has 0 N–H and O–H groups in total. The van der Waals surface area contributed by atoms with E-state index in [4.69, 9.17) is 0 Å². The van der Waals surface area contributed by atoms with Gasteiger partial charge in [0.2, 0.25) is 11.8 Å². The van der Waals surface area contributed by atoms with E-state index in [0.29, 0.717) is 19.6 Å². The van der Waals surface area contributed by atoms with E-state index >= 15 is 0 Å². The summed E-state index contributed by atoms with van der Waals surface area (Å²) in [6, 6.07) is 0. The van der Waals surface area contributed by atoms with Crippen molar-refractivity contribution in [3.63, 3.8) is 0 Å². The van der Waals surface area contributed by atoms with Gasteiger partial charge in [0.1, 0.15) is 0 Å². The Morgan fingerprint density at radius 1 is 1.12 bits per heavy atom. The molecular weight excluding hydrogens is 330 g/mol. The van der Waals surface area contributed by atoms with Crippen LogP contribution in [0.3, 0.4) is 0 Å². The molecule has 7 heteroatoms. The summed E-state index contributed by atoms with van der Waals surface area (Å²) >= 11 is 0. The zero-order valence-corrected chi connectivity index (χ0v) is 16.7. The highest BCUT2D eigenvalue weighted by molar-refractivity contribution is 5.92. The fraction of sp³-hybridized carbons (Fsp3) is 0.632. The Morgan fingerprint density at radius 2 is 1.73 bits per heavy atom. The van der Waals surface area contributed by atoms with E-state index in [1.165, 1.54) is 0 Å². The summed E-state index contributed by atoms with van der Waals surface area (Å²) in [5, 5.41) is 4.36. The molecule has 1 fully saturated rings. The Bertz CT molecular complexity index is 668. The van der Waals surface area contributed by atoms with E-state index in [1.54, 1.807) is 6.08 Å². The fourth-order valence-corrected chi connectivity index (χ4v) is 3.29. The zero-order valence-electron chi connectivity index (χ0n) is 16.7. The highest BCUT2D eigenvalue weighted by atomic mass is 16.2. The molecule has 1 aromatic rings. The Labute approximate surface area is 156 Å². The van der Waals surface area contributed by atoms with Crippen molar-refractivity contribution in [3.05, 3.63) is 23.0 Å². The second kappa shape index (κ2) is 8.98. The number of hydrogen-bond donors (Lipinski definition) is 0. The first-order chi connectivity index (χ1) is 12.4. The number of nitrogens with zero attached hydrogens (tertiary/aromatic N) is 5. The van der Waals surface area contributed by atoms with Crippen molar-refractivity contribution < 1.29 is 9.59 Å². The predicted octanol–water partition coefficient (Wildman–Crippen LogP) is 1.06. The van der Waals surface area contributed by atoms with Crippen LogP contribution in [-0.4, -0.2) is 82.1 Å². The summed E-state index contributed by atoms with van der Waals surface area (Å²) in [5.74, 6) is 0.180. The maximum Gasteiger partial charge on any atom is 0.246 e. The second-order valence-corrected chi connectivity index (χ2v) is 6.71. The van der Waals surface area contributed by atoms with Gasteiger partial charge in [-0.25, -0.2) is 0 Å². The lowest BCUT2D eigenvalue weighted by molar-refractivity contribution is -0.133. The lowest BCUT2D eigenvalue weighted by Crippen LogP contribution is -2.51. The van der Waals surface area contributed by atoms with Crippen LogP contribution in [0.15, 0.2) is 6.08 Å².